The molecule has 0 radical (unpaired) electrons. The van der Waals surface area contributed by atoms with Crippen LogP contribution in [0.5, 0.6) is 0 Å². The van der Waals surface area contributed by atoms with Crippen LogP contribution in [0.1, 0.15) is 27.8 Å². The quantitative estimate of drug-likeness (QED) is 0.769. The van der Waals surface area contributed by atoms with Gasteiger partial charge in [-0.25, -0.2) is 4.99 Å². The third-order valence-corrected chi connectivity index (χ3v) is 4.17. The lowest BCUT2D eigenvalue weighted by Gasteiger charge is -2.08. The number of hydrazone groups is 1. The number of rotatable bonds is 2. The Bertz CT molecular complexity index is 971. The average molecular weight is 326 g/mol. The molecule has 0 amide bonds. The molecule has 4 nitrogen and oxygen atoms in total. The van der Waals surface area contributed by atoms with Gasteiger partial charge in [0.25, 0.3) is 0 Å². The van der Waals surface area contributed by atoms with Crippen LogP contribution in [-0.2, 0) is 0 Å². The molecule has 0 saturated heterocycles. The molecule has 0 fully saturated rings. The number of nitrogens with zero attached hydrogens (tertiary/aromatic N) is 3. The second-order valence-electron chi connectivity index (χ2n) is 6.16. The van der Waals surface area contributed by atoms with Crippen LogP contribution < -0.4 is 5.43 Å². The Labute approximate surface area is 147 Å². The minimum atomic E-state index is 0.740. The summed E-state index contributed by atoms with van der Waals surface area (Å²) in [4.78, 5) is 9.05. The molecule has 0 unspecified atom stereocenters. The molecule has 0 atom stereocenters. The molecule has 25 heavy (non-hydrogen) atoms. The number of nitrogens with one attached hydrogen (secondary N) is 1. The van der Waals surface area contributed by atoms with Crippen molar-refractivity contribution in [2.24, 2.45) is 10.1 Å². The zero-order valence-electron chi connectivity index (χ0n) is 14.2. The molecule has 4 rings (SSSR count). The molecule has 2 aromatic carbocycles. The van der Waals surface area contributed by atoms with E-state index in [9.17, 15) is 0 Å². The van der Waals surface area contributed by atoms with E-state index in [1.165, 1.54) is 11.1 Å². The summed E-state index contributed by atoms with van der Waals surface area (Å²) in [6, 6.07) is 18.4. The number of hydrogen-bond acceptors (Lipinski definition) is 4. The third-order valence-electron chi connectivity index (χ3n) is 4.17. The second-order valence-corrected chi connectivity index (χ2v) is 6.16. The summed E-state index contributed by atoms with van der Waals surface area (Å²) in [5, 5.41) is 4.65. The van der Waals surface area contributed by atoms with Gasteiger partial charge in [0.15, 0.2) is 5.84 Å². The van der Waals surface area contributed by atoms with E-state index in [0.29, 0.717) is 0 Å². The minimum absolute atomic E-state index is 0.740. The SMILES string of the molecule is Cc1ccc(C2=Nc3ccc(C)cc3C(c3cccnc3)=NN2)cc1. The number of aliphatic imine (C=N–C) groups is 1. The normalized spacial score (nSPS) is 13.2. The van der Waals surface area contributed by atoms with E-state index < -0.39 is 0 Å². The Morgan fingerprint density at radius 2 is 1.64 bits per heavy atom. The predicted octanol–water partition coefficient (Wildman–Crippen LogP) is 4.13. The molecule has 1 aromatic heterocycles. The summed E-state index contributed by atoms with van der Waals surface area (Å²) in [5.74, 6) is 0.740. The minimum Gasteiger partial charge on any atom is -0.264 e. The molecule has 0 aliphatic carbocycles. The van der Waals surface area contributed by atoms with Crippen LogP contribution in [-0.4, -0.2) is 16.5 Å². The second kappa shape index (κ2) is 6.32. The topological polar surface area (TPSA) is 49.6 Å². The first-order valence-corrected chi connectivity index (χ1v) is 8.21. The van der Waals surface area contributed by atoms with Crippen molar-refractivity contribution in [1.82, 2.24) is 10.4 Å². The summed E-state index contributed by atoms with van der Waals surface area (Å²) < 4.78 is 0. The van der Waals surface area contributed by atoms with Crippen molar-refractivity contribution in [3.63, 3.8) is 0 Å². The zero-order valence-corrected chi connectivity index (χ0v) is 14.2. The maximum absolute atomic E-state index is 4.83. The summed E-state index contributed by atoms with van der Waals surface area (Å²) in [6.45, 7) is 4.15. The maximum Gasteiger partial charge on any atom is 0.154 e. The highest BCUT2D eigenvalue weighted by molar-refractivity contribution is 6.17. The molecule has 0 bridgehead atoms. The van der Waals surface area contributed by atoms with E-state index >= 15 is 0 Å². The van der Waals surface area contributed by atoms with Crippen molar-refractivity contribution in [2.45, 2.75) is 13.8 Å². The number of benzene rings is 2. The van der Waals surface area contributed by atoms with E-state index in [-0.39, 0.29) is 0 Å². The van der Waals surface area contributed by atoms with Crippen molar-refractivity contribution in [3.8, 4) is 0 Å². The Hall–Kier alpha value is -3.27. The Morgan fingerprint density at radius 3 is 2.40 bits per heavy atom. The average Bonchev–Trinajstić information content (AvgIpc) is 2.82. The maximum atomic E-state index is 4.83. The Balaban J connectivity index is 1.87. The molecule has 1 aliphatic heterocycles. The van der Waals surface area contributed by atoms with Gasteiger partial charge in [0, 0.05) is 29.1 Å². The highest BCUT2D eigenvalue weighted by Gasteiger charge is 2.17. The van der Waals surface area contributed by atoms with Gasteiger partial charge in [-0.3, -0.25) is 10.4 Å². The van der Waals surface area contributed by atoms with Gasteiger partial charge >= 0.3 is 0 Å². The number of hydrogen-bond donors (Lipinski definition) is 1. The van der Waals surface area contributed by atoms with Gasteiger partial charge in [-0.15, -0.1) is 0 Å². The van der Waals surface area contributed by atoms with Crippen LogP contribution in [0, 0.1) is 13.8 Å². The lowest BCUT2D eigenvalue weighted by Crippen LogP contribution is -2.19. The lowest BCUT2D eigenvalue weighted by atomic mass is 10.0. The Morgan fingerprint density at radius 1 is 0.840 bits per heavy atom. The van der Waals surface area contributed by atoms with Gasteiger partial charge < -0.3 is 0 Å². The first-order valence-electron chi connectivity index (χ1n) is 8.21. The predicted molar refractivity (Wildman–Crippen MR) is 102 cm³/mol. The van der Waals surface area contributed by atoms with Gasteiger partial charge in [0.1, 0.15) is 5.71 Å². The smallest absolute Gasteiger partial charge is 0.154 e. The molecular formula is C21H18N4. The van der Waals surface area contributed by atoms with Gasteiger partial charge in [0.2, 0.25) is 0 Å². The van der Waals surface area contributed by atoms with Crippen LogP contribution in [0.2, 0.25) is 0 Å². The van der Waals surface area contributed by atoms with Gasteiger partial charge in [-0.1, -0.05) is 41.5 Å². The van der Waals surface area contributed by atoms with Crippen molar-refractivity contribution < 1.29 is 0 Å². The van der Waals surface area contributed by atoms with Crippen molar-refractivity contribution in [1.29, 1.82) is 0 Å². The molecule has 0 spiro atoms. The van der Waals surface area contributed by atoms with E-state index in [2.05, 4.69) is 65.8 Å². The molecule has 122 valence electrons. The van der Waals surface area contributed by atoms with Crippen molar-refractivity contribution in [2.75, 3.05) is 0 Å². The molecule has 2 heterocycles. The highest BCUT2D eigenvalue weighted by atomic mass is 15.3. The first-order chi connectivity index (χ1) is 12.2. The molecule has 1 aliphatic rings. The summed E-state index contributed by atoms with van der Waals surface area (Å²) in [6.07, 6.45) is 3.59. The van der Waals surface area contributed by atoms with E-state index in [1.807, 2.05) is 24.4 Å². The molecular weight excluding hydrogens is 308 g/mol. The van der Waals surface area contributed by atoms with Crippen LogP contribution in [0.25, 0.3) is 0 Å². The van der Waals surface area contributed by atoms with Crippen molar-refractivity contribution >= 4 is 17.2 Å². The number of amidine groups is 1. The summed E-state index contributed by atoms with van der Waals surface area (Å²) in [5.41, 5.74) is 10.2. The molecule has 4 heteroatoms. The molecule has 0 saturated carbocycles. The highest BCUT2D eigenvalue weighted by Crippen LogP contribution is 2.26. The van der Waals surface area contributed by atoms with Gasteiger partial charge in [0.05, 0.1) is 5.69 Å². The fourth-order valence-corrected chi connectivity index (χ4v) is 2.81. The van der Waals surface area contributed by atoms with Crippen LogP contribution in [0.15, 0.2) is 77.1 Å². The molecule has 1 N–H and O–H groups in total. The third kappa shape index (κ3) is 3.06. The monoisotopic (exact) mass is 326 g/mol. The first kappa shape index (κ1) is 15.3. The fraction of sp³-hybridized carbons (Fsp3) is 0.0952. The summed E-state index contributed by atoms with van der Waals surface area (Å²) in [7, 11) is 0. The lowest BCUT2D eigenvalue weighted by molar-refractivity contribution is 1.03. The summed E-state index contributed by atoms with van der Waals surface area (Å²) >= 11 is 0. The standard InChI is InChI=1S/C21H18N4/c1-14-5-8-16(9-6-14)21-23-19-10-7-15(2)12-18(19)20(24-25-21)17-4-3-11-22-13-17/h3-13H,1-2H3,(H,23,25). The van der Waals surface area contributed by atoms with Gasteiger partial charge in [-0.2, -0.15) is 5.10 Å². The van der Waals surface area contributed by atoms with E-state index in [1.54, 1.807) is 6.20 Å². The van der Waals surface area contributed by atoms with Crippen LogP contribution in [0.4, 0.5) is 5.69 Å². The Kier molecular flexibility index (Phi) is 3.86. The molecule has 3 aromatic rings. The number of aromatic nitrogens is 1. The number of fused-ring (bicyclic) bond motifs is 1. The fourth-order valence-electron chi connectivity index (χ4n) is 2.81. The number of pyridine rings is 1. The zero-order chi connectivity index (χ0) is 17.2. The van der Waals surface area contributed by atoms with Gasteiger partial charge in [-0.05, 0) is 38.1 Å². The van der Waals surface area contributed by atoms with E-state index in [4.69, 9.17) is 4.99 Å². The number of aryl methyl sites for hydroxylation is 2. The van der Waals surface area contributed by atoms with Crippen molar-refractivity contribution in [3.05, 3.63) is 94.8 Å². The van der Waals surface area contributed by atoms with E-state index in [0.717, 1.165) is 33.9 Å². The largest absolute Gasteiger partial charge is 0.264 e. The van der Waals surface area contributed by atoms with Crippen LogP contribution in [0.3, 0.4) is 0 Å². The van der Waals surface area contributed by atoms with Crippen LogP contribution >= 0.6 is 0 Å².